The quantitative estimate of drug-likeness (QED) is 0.166. The van der Waals surface area contributed by atoms with Crippen LogP contribution in [-0.4, -0.2) is 62.8 Å². The van der Waals surface area contributed by atoms with Gasteiger partial charge < -0.3 is 33.6 Å². The van der Waals surface area contributed by atoms with Crippen LogP contribution in [-0.2, 0) is 4.74 Å². The molecule has 6 rings (SSSR count). The average molecular weight is 661 g/mol. The second-order valence-electron chi connectivity index (χ2n) is 12.1. The van der Waals surface area contributed by atoms with Gasteiger partial charge in [0.15, 0.2) is 11.5 Å². The van der Waals surface area contributed by atoms with Crippen molar-refractivity contribution in [3.05, 3.63) is 72.6 Å². The van der Waals surface area contributed by atoms with E-state index in [-0.39, 0.29) is 35.1 Å². The summed E-state index contributed by atoms with van der Waals surface area (Å²) >= 11 is 0. The lowest BCUT2D eigenvalue weighted by Gasteiger charge is -2.33. The number of anilines is 2. The van der Waals surface area contributed by atoms with E-state index in [0.29, 0.717) is 65.7 Å². The van der Waals surface area contributed by atoms with E-state index < -0.39 is 18.3 Å². The van der Waals surface area contributed by atoms with Crippen molar-refractivity contribution in [2.75, 3.05) is 25.3 Å². The summed E-state index contributed by atoms with van der Waals surface area (Å²) in [4.78, 5) is 22.7. The number of amides is 1. The molecule has 0 aliphatic carbocycles. The third kappa shape index (κ3) is 7.70. The standard InChI is InChI=1S/C34H34F2N6O6/c1-20-40-41-32(45-20)21-6-5-7-23(14-21)46-24-8-9-27(26(36)15-24)39-31-25-16-30(29(44-18-35)17-28(25)37-19-38-31)47-22-10-12-42(13-11-22)33(43)48-34(2,3)4/h5-9,14-17,19,22H,10-13,18H2,1-4H3,(H,37,38,39). The summed E-state index contributed by atoms with van der Waals surface area (Å²) in [6.07, 6.45) is 1.72. The van der Waals surface area contributed by atoms with Crippen LogP contribution in [0.2, 0.25) is 0 Å². The molecule has 1 saturated heterocycles. The smallest absolute Gasteiger partial charge is 0.410 e. The third-order valence-corrected chi connectivity index (χ3v) is 7.33. The molecule has 0 spiro atoms. The first-order valence-electron chi connectivity index (χ1n) is 15.3. The van der Waals surface area contributed by atoms with Gasteiger partial charge in [-0.2, -0.15) is 0 Å². The fraction of sp³-hybridized carbons (Fsp3) is 0.324. The molecule has 0 atom stereocenters. The molecule has 0 unspecified atom stereocenters. The van der Waals surface area contributed by atoms with E-state index in [1.165, 1.54) is 18.5 Å². The minimum Gasteiger partial charge on any atom is -0.486 e. The Labute approximate surface area is 275 Å². The van der Waals surface area contributed by atoms with Crippen molar-refractivity contribution in [2.45, 2.75) is 52.2 Å². The Kier molecular flexibility index (Phi) is 9.24. The zero-order valence-electron chi connectivity index (χ0n) is 26.8. The Bertz CT molecular complexity index is 1920. The Morgan fingerprint density at radius 3 is 2.52 bits per heavy atom. The van der Waals surface area contributed by atoms with E-state index >= 15 is 4.39 Å². The first-order valence-corrected chi connectivity index (χ1v) is 15.3. The Hall–Kier alpha value is -5.53. The van der Waals surface area contributed by atoms with E-state index in [1.807, 2.05) is 20.8 Å². The fourth-order valence-electron chi connectivity index (χ4n) is 5.12. The maximum atomic E-state index is 15.4. The number of piperidine rings is 1. The first-order chi connectivity index (χ1) is 23.0. The lowest BCUT2D eigenvalue weighted by molar-refractivity contribution is 0.0122. The number of halogens is 2. The zero-order valence-corrected chi connectivity index (χ0v) is 26.8. The van der Waals surface area contributed by atoms with Crippen LogP contribution in [0.5, 0.6) is 23.0 Å². The summed E-state index contributed by atoms with van der Waals surface area (Å²) in [5.74, 6) is 1.66. The monoisotopic (exact) mass is 660 g/mol. The van der Waals surface area contributed by atoms with E-state index in [9.17, 15) is 9.18 Å². The topological polar surface area (TPSA) is 134 Å². The molecule has 1 aliphatic heterocycles. The number of likely N-dealkylation sites (tertiary alicyclic amines) is 1. The van der Waals surface area contributed by atoms with E-state index in [2.05, 4.69) is 25.5 Å². The number of rotatable bonds is 9. The van der Waals surface area contributed by atoms with Crippen molar-refractivity contribution >= 4 is 28.5 Å². The van der Waals surface area contributed by atoms with Gasteiger partial charge in [-0.25, -0.2) is 23.5 Å². The van der Waals surface area contributed by atoms with Gasteiger partial charge in [0.1, 0.15) is 41.2 Å². The maximum absolute atomic E-state index is 15.4. The summed E-state index contributed by atoms with van der Waals surface area (Å²) in [7, 11) is 0. The number of carbonyl (C=O) groups is 1. The van der Waals surface area contributed by atoms with E-state index in [0.717, 1.165) is 0 Å². The van der Waals surface area contributed by atoms with Crippen molar-refractivity contribution in [2.24, 2.45) is 0 Å². The van der Waals surface area contributed by atoms with Gasteiger partial charge in [-0.1, -0.05) is 6.07 Å². The number of fused-ring (bicyclic) bond motifs is 1. The summed E-state index contributed by atoms with van der Waals surface area (Å²) in [6.45, 7) is 6.95. The second-order valence-corrected chi connectivity index (χ2v) is 12.1. The second kappa shape index (κ2) is 13.7. The molecule has 250 valence electrons. The SMILES string of the molecule is Cc1nnc(-c2cccc(Oc3ccc(Nc4ncnc5cc(OCF)c(OC6CCN(C(=O)OC(C)(C)C)CC6)cc45)c(F)c3)c2)o1. The minimum absolute atomic E-state index is 0.138. The highest BCUT2D eigenvalue weighted by Gasteiger charge is 2.28. The molecule has 12 nitrogen and oxygen atoms in total. The summed E-state index contributed by atoms with van der Waals surface area (Å²) in [5, 5.41) is 11.4. The van der Waals surface area contributed by atoms with Crippen LogP contribution in [0.3, 0.4) is 0 Å². The van der Waals surface area contributed by atoms with Crippen LogP contribution >= 0.6 is 0 Å². The Balaban J connectivity index is 1.18. The van der Waals surface area contributed by atoms with Crippen molar-refractivity contribution in [3.8, 4) is 34.5 Å². The minimum atomic E-state index is -1.07. The fourth-order valence-corrected chi connectivity index (χ4v) is 5.12. The number of hydrogen-bond donors (Lipinski definition) is 1. The number of benzene rings is 3. The van der Waals surface area contributed by atoms with Gasteiger partial charge in [-0.15, -0.1) is 10.2 Å². The maximum Gasteiger partial charge on any atom is 0.410 e. The molecule has 0 bridgehead atoms. The highest BCUT2D eigenvalue weighted by atomic mass is 19.1. The molecule has 1 N–H and O–H groups in total. The number of nitrogens with one attached hydrogen (secondary N) is 1. The van der Waals surface area contributed by atoms with Crippen LogP contribution < -0.4 is 19.5 Å². The highest BCUT2D eigenvalue weighted by Crippen LogP contribution is 2.37. The number of aryl methyl sites for hydroxylation is 1. The molecule has 14 heteroatoms. The van der Waals surface area contributed by atoms with Crippen molar-refractivity contribution in [1.29, 1.82) is 0 Å². The van der Waals surface area contributed by atoms with Gasteiger partial charge in [0.2, 0.25) is 18.6 Å². The zero-order chi connectivity index (χ0) is 33.8. The van der Waals surface area contributed by atoms with Crippen LogP contribution in [0.4, 0.5) is 25.1 Å². The molecule has 1 amide bonds. The molecule has 0 radical (unpaired) electrons. The van der Waals surface area contributed by atoms with Crippen LogP contribution in [0.15, 0.2) is 65.3 Å². The van der Waals surface area contributed by atoms with Crippen LogP contribution in [0.25, 0.3) is 22.4 Å². The lowest BCUT2D eigenvalue weighted by Crippen LogP contribution is -2.44. The van der Waals surface area contributed by atoms with Crippen LogP contribution in [0, 0.1) is 12.7 Å². The van der Waals surface area contributed by atoms with E-state index in [4.69, 9.17) is 23.4 Å². The van der Waals surface area contributed by atoms with Gasteiger partial charge in [-0.05, 0) is 57.2 Å². The number of alkyl halides is 1. The molecular formula is C34H34F2N6O6. The van der Waals surface area contributed by atoms with Gasteiger partial charge >= 0.3 is 6.09 Å². The van der Waals surface area contributed by atoms with Crippen molar-refractivity contribution in [3.63, 3.8) is 0 Å². The molecule has 3 heterocycles. The average Bonchev–Trinajstić information content (AvgIpc) is 3.49. The number of carbonyl (C=O) groups excluding carboxylic acids is 1. The van der Waals surface area contributed by atoms with Crippen LogP contribution in [0.1, 0.15) is 39.5 Å². The lowest BCUT2D eigenvalue weighted by atomic mass is 10.1. The molecule has 2 aromatic heterocycles. The molecule has 1 aliphatic rings. The summed E-state index contributed by atoms with van der Waals surface area (Å²) < 4.78 is 57.1. The number of hydrogen-bond acceptors (Lipinski definition) is 11. The number of nitrogens with zero attached hydrogens (tertiary/aromatic N) is 5. The summed E-state index contributed by atoms with van der Waals surface area (Å²) in [5.41, 5.74) is 0.639. The molecule has 1 fully saturated rings. The number of ether oxygens (including phenoxy) is 4. The van der Waals surface area contributed by atoms with E-state index in [1.54, 1.807) is 54.3 Å². The first kappa shape index (κ1) is 32.4. The molecule has 48 heavy (non-hydrogen) atoms. The third-order valence-electron chi connectivity index (χ3n) is 7.33. The Morgan fingerprint density at radius 1 is 1.02 bits per heavy atom. The van der Waals surface area contributed by atoms with Gasteiger partial charge in [0, 0.05) is 55.9 Å². The predicted molar refractivity (Wildman–Crippen MR) is 172 cm³/mol. The Morgan fingerprint density at radius 2 is 1.81 bits per heavy atom. The predicted octanol–water partition coefficient (Wildman–Crippen LogP) is 7.75. The molecule has 3 aromatic carbocycles. The van der Waals surface area contributed by atoms with Gasteiger partial charge in [-0.3, -0.25) is 0 Å². The van der Waals surface area contributed by atoms with Gasteiger partial charge in [0.25, 0.3) is 0 Å². The normalized spacial score (nSPS) is 13.8. The molecule has 0 saturated carbocycles. The molecular weight excluding hydrogens is 626 g/mol. The summed E-state index contributed by atoms with van der Waals surface area (Å²) in [6, 6.07) is 14.6. The van der Waals surface area contributed by atoms with Gasteiger partial charge in [0.05, 0.1) is 11.2 Å². The largest absolute Gasteiger partial charge is 0.486 e. The highest BCUT2D eigenvalue weighted by molar-refractivity contribution is 5.93. The number of aromatic nitrogens is 4. The van der Waals surface area contributed by atoms with Crippen molar-refractivity contribution in [1.82, 2.24) is 25.1 Å². The van der Waals surface area contributed by atoms with Crippen molar-refractivity contribution < 1.29 is 36.9 Å². The molecule has 5 aromatic rings.